The van der Waals surface area contributed by atoms with Gasteiger partial charge in [-0.1, -0.05) is 36.4 Å². The van der Waals surface area contributed by atoms with E-state index in [2.05, 4.69) is 84.0 Å². The molecule has 0 saturated carbocycles. The van der Waals surface area contributed by atoms with Crippen molar-refractivity contribution in [3.63, 3.8) is 0 Å². The molecular weight excluding hydrogens is 510 g/mol. The van der Waals surface area contributed by atoms with E-state index >= 15 is 0 Å². The van der Waals surface area contributed by atoms with Crippen LogP contribution >= 0.6 is 0 Å². The summed E-state index contributed by atoms with van der Waals surface area (Å²) in [5.74, 6) is 0.883. The molecule has 0 aromatic heterocycles. The third-order valence-corrected chi connectivity index (χ3v) is 4.89. The molecule has 4 rings (SSSR count). The van der Waals surface area contributed by atoms with Crippen molar-refractivity contribution in [2.75, 3.05) is 6.79 Å². The average molecular weight is 539 g/mol. The van der Waals surface area contributed by atoms with Crippen LogP contribution in [0.5, 0.6) is 0 Å². The normalized spacial score (nSPS) is 11.9. The molecule has 0 unspecified atom stereocenters. The van der Waals surface area contributed by atoms with E-state index in [-0.39, 0.29) is 24.8 Å². The van der Waals surface area contributed by atoms with E-state index in [0.717, 1.165) is 12.2 Å². The van der Waals surface area contributed by atoms with Crippen molar-refractivity contribution in [3.8, 4) is 0 Å². The maximum atomic E-state index is 5.52. The fourth-order valence-electron chi connectivity index (χ4n) is 2.66. The van der Waals surface area contributed by atoms with Gasteiger partial charge in [-0.05, 0) is 25.4 Å². The van der Waals surface area contributed by atoms with E-state index in [1.165, 1.54) is 45.8 Å². The number of benzene rings is 2. The van der Waals surface area contributed by atoms with Gasteiger partial charge in [0.15, 0.2) is 15.1 Å². The molecule has 0 heterocycles. The van der Waals surface area contributed by atoms with Gasteiger partial charge in [-0.15, -0.1) is 52.2 Å². The summed E-state index contributed by atoms with van der Waals surface area (Å²) in [5, 5.41) is 5.39. The van der Waals surface area contributed by atoms with Gasteiger partial charge in [0.05, 0.1) is 0 Å². The number of rotatable bonds is 4. The Morgan fingerprint density at radius 2 is 1.50 bits per heavy atom. The minimum absolute atomic E-state index is 0. The van der Waals surface area contributed by atoms with Gasteiger partial charge in [-0.3, -0.25) is 6.08 Å². The Balaban J connectivity index is 0.000000471. The molecule has 0 radical (unpaired) electrons. The second-order valence-corrected chi connectivity index (χ2v) is 13.2. The van der Waals surface area contributed by atoms with E-state index in [0.29, 0.717) is 6.79 Å². The maximum absolute atomic E-state index is 5.52. The first-order valence-corrected chi connectivity index (χ1v) is 14.3. The summed E-state index contributed by atoms with van der Waals surface area (Å²) in [7, 11) is -1.42. The molecule has 2 nitrogen and oxygen atoms in total. The van der Waals surface area contributed by atoms with E-state index in [9.17, 15) is 0 Å². The molecule has 0 N–H and O–H groups in total. The average Bonchev–Trinajstić information content (AvgIpc) is 3.29. The fourth-order valence-corrected chi connectivity index (χ4v) is 3.07. The smallest absolute Gasteiger partial charge is 0.188 e. The van der Waals surface area contributed by atoms with E-state index < -0.39 is 8.32 Å². The van der Waals surface area contributed by atoms with Crippen molar-refractivity contribution in [3.05, 3.63) is 78.6 Å². The number of hydrogen-bond donors (Lipinski definition) is 0. The number of hydrogen-bond acceptors (Lipinski definition) is 2. The van der Waals surface area contributed by atoms with Crippen LogP contribution in [0.15, 0.2) is 72.5 Å². The van der Waals surface area contributed by atoms with Gasteiger partial charge in [-0.25, -0.2) is 0 Å². The van der Waals surface area contributed by atoms with Gasteiger partial charge in [0.25, 0.3) is 0 Å². The van der Waals surface area contributed by atoms with Gasteiger partial charge >= 0.3 is 34.9 Å². The number of ether oxygens (including phenoxy) is 1. The zero-order valence-electron chi connectivity index (χ0n) is 17.9. The Morgan fingerprint density at radius 3 is 1.93 bits per heavy atom. The molecule has 30 heavy (non-hydrogen) atoms. The minimum atomic E-state index is -1.42. The van der Waals surface area contributed by atoms with Crippen LogP contribution in [0.2, 0.25) is 19.6 Å². The molecule has 160 valence electrons. The minimum Gasteiger partial charge on any atom is -1.00 e. The summed E-state index contributed by atoms with van der Waals surface area (Å²) >= 11 is 1.51. The summed E-state index contributed by atoms with van der Waals surface area (Å²) < 4.78 is 12.9. The Hall–Kier alpha value is -0.900. The second kappa shape index (κ2) is 15.0. The number of halogens is 2. The second-order valence-electron chi connectivity index (χ2n) is 7.29. The predicted octanol–water partition coefficient (Wildman–Crippen LogP) is 0.534. The molecule has 1 aliphatic carbocycles. The Bertz CT molecular complexity index is 908. The Kier molecular flexibility index (Phi) is 14.5. The topological polar surface area (TPSA) is 18.5 Å². The summed E-state index contributed by atoms with van der Waals surface area (Å²) in [6.07, 6.45) is 7.74. The Labute approximate surface area is 209 Å². The van der Waals surface area contributed by atoms with Crippen molar-refractivity contribution in [1.29, 1.82) is 0 Å². The van der Waals surface area contributed by atoms with Crippen molar-refractivity contribution in [1.82, 2.24) is 0 Å². The molecule has 3 aromatic rings. The van der Waals surface area contributed by atoms with Gasteiger partial charge < -0.3 is 34.0 Å². The molecule has 0 aliphatic heterocycles. The van der Waals surface area contributed by atoms with Crippen LogP contribution in [0.3, 0.4) is 0 Å². The summed E-state index contributed by atoms with van der Waals surface area (Å²) in [4.78, 5) is 0. The molecule has 0 atom stereocenters. The van der Waals surface area contributed by atoms with Crippen LogP contribution in [0.1, 0.15) is 13.3 Å². The van der Waals surface area contributed by atoms with Crippen LogP contribution in [0.4, 0.5) is 0 Å². The first-order chi connectivity index (χ1) is 13.4. The molecule has 0 amide bonds. The summed E-state index contributed by atoms with van der Waals surface area (Å²) in [6, 6.07) is 19.3. The van der Waals surface area contributed by atoms with Crippen LogP contribution in [-0.2, 0) is 33.4 Å². The zero-order chi connectivity index (χ0) is 20.4. The molecule has 0 spiro atoms. The number of allylic oxidation sites excluding steroid dienone is 3. The fraction of sp³-hybridized carbons (Fsp3) is 0.250. The maximum Gasteiger partial charge on any atom is 0.188 e. The number of fused-ring (bicyclic) bond motifs is 3. The molecule has 0 saturated heterocycles. The molecule has 1 aliphatic rings. The summed E-state index contributed by atoms with van der Waals surface area (Å²) in [6.45, 7) is 8.84. The molecule has 0 bridgehead atoms. The zero-order valence-corrected chi connectivity index (χ0v) is 22.9. The van der Waals surface area contributed by atoms with Gasteiger partial charge in [-0.2, -0.15) is 6.08 Å². The van der Waals surface area contributed by atoms with Crippen molar-refractivity contribution < 1.29 is 58.2 Å². The van der Waals surface area contributed by atoms with Gasteiger partial charge in [0.1, 0.15) is 0 Å². The first-order valence-electron chi connectivity index (χ1n) is 9.46. The third kappa shape index (κ3) is 9.94. The molecular formula is C24H28Cl2O2SiZr-2. The van der Waals surface area contributed by atoms with Gasteiger partial charge in [0.2, 0.25) is 0 Å². The van der Waals surface area contributed by atoms with E-state index in [4.69, 9.17) is 9.16 Å². The Morgan fingerprint density at radius 1 is 1.00 bits per heavy atom. The molecule has 3 aromatic carbocycles. The van der Waals surface area contributed by atoms with Crippen LogP contribution in [-0.4, -0.2) is 18.8 Å². The van der Waals surface area contributed by atoms with Crippen LogP contribution < -0.4 is 24.8 Å². The monoisotopic (exact) mass is 536 g/mol. The van der Waals surface area contributed by atoms with Crippen LogP contribution in [0.25, 0.3) is 21.5 Å². The summed E-state index contributed by atoms with van der Waals surface area (Å²) in [5.41, 5.74) is 0. The van der Waals surface area contributed by atoms with E-state index in [1.807, 2.05) is 19.1 Å². The van der Waals surface area contributed by atoms with Crippen molar-refractivity contribution in [2.24, 2.45) is 0 Å². The van der Waals surface area contributed by atoms with Crippen molar-refractivity contribution in [2.45, 2.75) is 33.0 Å². The van der Waals surface area contributed by atoms with Crippen LogP contribution in [0, 0.1) is 6.08 Å². The third-order valence-electron chi connectivity index (χ3n) is 3.91. The molecule has 0 fully saturated rings. The van der Waals surface area contributed by atoms with Gasteiger partial charge in [0, 0.05) is 0 Å². The first kappa shape index (κ1) is 29.1. The van der Waals surface area contributed by atoms with E-state index in [1.54, 1.807) is 0 Å². The standard InChI is InChI=1S/C13H9.C9H15O2Si.C2H4.2ClH.Zr/c1-3-7-12-10(5-1)9-11-6-2-4-8-13(11)12;1-12(2,3)11-8-10-9-6-4-5-7-9;1-2;;;/h1-9H;6-7H,4,8H2,1-3H3;1H,2H3;2*1H;/q2*-1;;;;+2/p-2. The SMILES string of the molecule is C[CH]=[Zr+2].C[Si](C)(C)OCOC1=CC[C-]=C1.[Cl-].[Cl-].c1ccc2c(c1)[cH-]c1ccccc12. The van der Waals surface area contributed by atoms with Crippen molar-refractivity contribution >= 4 is 33.6 Å². The predicted molar refractivity (Wildman–Crippen MR) is 120 cm³/mol. The quantitative estimate of drug-likeness (QED) is 0.274. The largest absolute Gasteiger partial charge is 1.00 e. The molecule has 6 heteroatoms.